The van der Waals surface area contributed by atoms with Gasteiger partial charge in [0.05, 0.1) is 39.0 Å². The van der Waals surface area contributed by atoms with Gasteiger partial charge in [-0.1, -0.05) is 127 Å². The highest BCUT2D eigenvalue weighted by Gasteiger charge is 2.24. The minimum atomic E-state index is 0.625. The molecule has 0 bridgehead atoms. The van der Waals surface area contributed by atoms with Crippen LogP contribution in [0.25, 0.3) is 94.4 Å². The van der Waals surface area contributed by atoms with E-state index in [4.69, 9.17) is 9.97 Å². The monoisotopic (exact) mass is 677 g/mol. The summed E-state index contributed by atoms with van der Waals surface area (Å²) in [5.74, 6) is 0.625. The average Bonchev–Trinajstić information content (AvgIpc) is 3.91. The van der Waals surface area contributed by atoms with Crippen LogP contribution in [0.4, 0.5) is 0 Å². The molecule has 0 amide bonds. The molecule has 7 aromatic carbocycles. The fourth-order valence-corrected chi connectivity index (χ4v) is 8.09. The second-order valence-electron chi connectivity index (χ2n) is 13.5. The molecule has 0 saturated carbocycles. The highest BCUT2D eigenvalue weighted by atomic mass is 15.2. The van der Waals surface area contributed by atoms with E-state index in [0.717, 1.165) is 72.2 Å². The molecular formula is C48H31N5. The zero-order chi connectivity index (χ0) is 34.9. The molecule has 0 saturated heterocycles. The van der Waals surface area contributed by atoms with Crippen LogP contribution in [-0.2, 0) is 0 Å². The third-order valence-electron chi connectivity index (χ3n) is 10.5. The van der Waals surface area contributed by atoms with Gasteiger partial charge < -0.3 is 9.13 Å². The van der Waals surface area contributed by atoms with Crippen LogP contribution in [0.2, 0.25) is 0 Å². The van der Waals surface area contributed by atoms with Gasteiger partial charge in [-0.2, -0.15) is 0 Å². The molecule has 248 valence electrons. The molecule has 5 heteroatoms. The SMILES string of the molecule is c1ccc(-c2cc(-c3ccccc3)nc(-n3c4cc5c(ccn5-c5ccccc5)cc4c4ccc5c6ccccc6n(-c6ccccc6)c5c43)n2)cc1. The Hall–Kier alpha value is -7.24. The number of fused-ring (bicyclic) bond motifs is 8. The van der Waals surface area contributed by atoms with Gasteiger partial charge in [0.15, 0.2) is 0 Å². The van der Waals surface area contributed by atoms with E-state index in [9.17, 15) is 0 Å². The van der Waals surface area contributed by atoms with Crippen molar-refractivity contribution in [2.45, 2.75) is 0 Å². The van der Waals surface area contributed by atoms with E-state index in [1.54, 1.807) is 0 Å². The van der Waals surface area contributed by atoms with Gasteiger partial charge in [-0.25, -0.2) is 9.97 Å². The largest absolute Gasteiger partial charge is 0.316 e. The number of hydrogen-bond donors (Lipinski definition) is 0. The molecule has 4 aromatic heterocycles. The molecule has 0 N–H and O–H groups in total. The van der Waals surface area contributed by atoms with Crippen LogP contribution in [0, 0.1) is 0 Å². The summed E-state index contributed by atoms with van der Waals surface area (Å²) in [6, 6.07) is 64.3. The van der Waals surface area contributed by atoms with Crippen LogP contribution < -0.4 is 0 Å². The highest BCUT2D eigenvalue weighted by molar-refractivity contribution is 6.24. The Labute approximate surface area is 305 Å². The molecule has 0 spiro atoms. The summed E-state index contributed by atoms with van der Waals surface area (Å²) in [5, 5.41) is 5.86. The van der Waals surface area contributed by atoms with E-state index in [-0.39, 0.29) is 0 Å². The first-order chi connectivity index (χ1) is 26.3. The van der Waals surface area contributed by atoms with E-state index in [0.29, 0.717) is 5.95 Å². The smallest absolute Gasteiger partial charge is 0.235 e. The number of hydrogen-bond acceptors (Lipinski definition) is 2. The van der Waals surface area contributed by atoms with Crippen molar-refractivity contribution in [2.24, 2.45) is 0 Å². The number of para-hydroxylation sites is 3. The lowest BCUT2D eigenvalue weighted by atomic mass is 10.1. The average molecular weight is 678 g/mol. The maximum absolute atomic E-state index is 5.42. The summed E-state index contributed by atoms with van der Waals surface area (Å²) in [4.78, 5) is 10.8. The van der Waals surface area contributed by atoms with Crippen molar-refractivity contribution in [1.29, 1.82) is 0 Å². The molecule has 4 heterocycles. The van der Waals surface area contributed by atoms with Crippen molar-refractivity contribution in [3.63, 3.8) is 0 Å². The van der Waals surface area contributed by atoms with Crippen molar-refractivity contribution in [3.8, 4) is 39.8 Å². The van der Waals surface area contributed by atoms with Crippen LogP contribution in [0.1, 0.15) is 0 Å². The molecule has 0 aliphatic heterocycles. The summed E-state index contributed by atoms with van der Waals surface area (Å²) < 4.78 is 6.99. The van der Waals surface area contributed by atoms with E-state index < -0.39 is 0 Å². The number of benzene rings is 7. The molecule has 0 radical (unpaired) electrons. The zero-order valence-corrected chi connectivity index (χ0v) is 28.6. The first-order valence-electron chi connectivity index (χ1n) is 17.9. The molecular weight excluding hydrogens is 647 g/mol. The topological polar surface area (TPSA) is 40.6 Å². The maximum atomic E-state index is 5.42. The number of nitrogens with zero attached hydrogens (tertiary/aromatic N) is 5. The standard InChI is InChI=1S/C48H31N5/c1-5-15-32(16-6-1)41-30-42(33-17-7-2-8-18-33)50-48(49-41)53-45-31-44-34(27-28-51(44)35-19-9-3-10-20-35)29-40(45)39-26-25-38-37-23-13-14-24-43(37)52(46(38)47(39)53)36-21-11-4-12-22-36/h1-31H. The summed E-state index contributed by atoms with van der Waals surface area (Å²) in [5.41, 5.74) is 11.6. The Bertz CT molecular complexity index is 3080. The summed E-state index contributed by atoms with van der Waals surface area (Å²) >= 11 is 0. The van der Waals surface area contributed by atoms with Gasteiger partial charge in [0.2, 0.25) is 5.95 Å². The Morgan fingerprint density at radius 3 is 1.57 bits per heavy atom. The molecule has 5 nitrogen and oxygen atoms in total. The van der Waals surface area contributed by atoms with Gasteiger partial charge in [-0.3, -0.25) is 4.57 Å². The van der Waals surface area contributed by atoms with Crippen LogP contribution >= 0.6 is 0 Å². The minimum Gasteiger partial charge on any atom is -0.316 e. The van der Waals surface area contributed by atoms with Crippen LogP contribution in [-0.4, -0.2) is 23.7 Å². The second kappa shape index (κ2) is 11.7. The molecule has 11 rings (SSSR count). The predicted octanol–water partition coefficient (Wildman–Crippen LogP) is 11.9. The molecule has 11 aromatic rings. The predicted molar refractivity (Wildman–Crippen MR) is 218 cm³/mol. The molecule has 53 heavy (non-hydrogen) atoms. The first-order valence-corrected chi connectivity index (χ1v) is 17.9. The molecule has 0 aliphatic carbocycles. The van der Waals surface area contributed by atoms with Crippen LogP contribution in [0.15, 0.2) is 188 Å². The van der Waals surface area contributed by atoms with Crippen molar-refractivity contribution < 1.29 is 0 Å². The van der Waals surface area contributed by atoms with E-state index in [1.807, 2.05) is 12.1 Å². The fourth-order valence-electron chi connectivity index (χ4n) is 8.09. The van der Waals surface area contributed by atoms with E-state index in [2.05, 4.69) is 190 Å². The fraction of sp³-hybridized carbons (Fsp3) is 0. The normalized spacial score (nSPS) is 11.8. The first kappa shape index (κ1) is 29.5. The Kier molecular flexibility index (Phi) is 6.48. The molecule has 0 fully saturated rings. The van der Waals surface area contributed by atoms with Gasteiger partial charge in [-0.05, 0) is 54.6 Å². The quantitative estimate of drug-likeness (QED) is 0.182. The van der Waals surface area contributed by atoms with Gasteiger partial charge in [0, 0.05) is 55.6 Å². The Balaban J connectivity index is 1.34. The van der Waals surface area contributed by atoms with Gasteiger partial charge >= 0.3 is 0 Å². The lowest BCUT2D eigenvalue weighted by molar-refractivity contribution is 0.995. The van der Waals surface area contributed by atoms with Crippen LogP contribution in [0.5, 0.6) is 0 Å². The Morgan fingerprint density at radius 1 is 0.358 bits per heavy atom. The summed E-state index contributed by atoms with van der Waals surface area (Å²) in [6.07, 6.45) is 2.16. The summed E-state index contributed by atoms with van der Waals surface area (Å²) in [7, 11) is 0. The zero-order valence-electron chi connectivity index (χ0n) is 28.6. The third-order valence-corrected chi connectivity index (χ3v) is 10.5. The van der Waals surface area contributed by atoms with Crippen molar-refractivity contribution >= 4 is 54.5 Å². The van der Waals surface area contributed by atoms with Gasteiger partial charge in [0.1, 0.15) is 0 Å². The summed E-state index contributed by atoms with van der Waals surface area (Å²) in [6.45, 7) is 0. The molecule has 0 atom stereocenters. The number of aromatic nitrogens is 5. The van der Waals surface area contributed by atoms with Crippen molar-refractivity contribution in [3.05, 3.63) is 188 Å². The van der Waals surface area contributed by atoms with Gasteiger partial charge in [0.25, 0.3) is 0 Å². The van der Waals surface area contributed by atoms with E-state index in [1.165, 1.54) is 16.2 Å². The third kappa shape index (κ3) is 4.57. The van der Waals surface area contributed by atoms with Gasteiger partial charge in [-0.15, -0.1) is 0 Å². The molecule has 0 unspecified atom stereocenters. The highest BCUT2D eigenvalue weighted by Crippen LogP contribution is 2.43. The lowest BCUT2D eigenvalue weighted by Gasteiger charge is -2.14. The Morgan fingerprint density at radius 2 is 0.906 bits per heavy atom. The number of rotatable bonds is 5. The van der Waals surface area contributed by atoms with E-state index >= 15 is 0 Å². The molecule has 0 aliphatic rings. The second-order valence-corrected chi connectivity index (χ2v) is 13.5. The van der Waals surface area contributed by atoms with Crippen LogP contribution in [0.3, 0.4) is 0 Å². The lowest BCUT2D eigenvalue weighted by Crippen LogP contribution is -2.05. The maximum Gasteiger partial charge on any atom is 0.235 e. The van der Waals surface area contributed by atoms with Crippen molar-refractivity contribution in [2.75, 3.05) is 0 Å². The minimum absolute atomic E-state index is 0.625. The van der Waals surface area contributed by atoms with Crippen molar-refractivity contribution in [1.82, 2.24) is 23.7 Å².